The van der Waals surface area contributed by atoms with Crippen LogP contribution in [0, 0.1) is 0 Å². The van der Waals surface area contributed by atoms with Crippen LogP contribution in [0.5, 0.6) is 0 Å². The molecule has 23 heavy (non-hydrogen) atoms. The molecule has 2 aromatic heterocycles. The van der Waals surface area contributed by atoms with Crippen molar-refractivity contribution in [1.82, 2.24) is 14.9 Å². The summed E-state index contributed by atoms with van der Waals surface area (Å²) in [7, 11) is 0. The first-order valence-electron chi connectivity index (χ1n) is 7.91. The highest BCUT2D eigenvalue weighted by atomic mass is 16.2. The normalized spacial score (nSPS) is 18.6. The maximum Gasteiger partial charge on any atom is 0.249 e. The van der Waals surface area contributed by atoms with Gasteiger partial charge in [0, 0.05) is 23.4 Å². The number of imide groups is 1. The van der Waals surface area contributed by atoms with Gasteiger partial charge in [0.2, 0.25) is 11.8 Å². The molecule has 0 saturated carbocycles. The lowest BCUT2D eigenvalue weighted by atomic mass is 10.1. The van der Waals surface area contributed by atoms with Crippen molar-refractivity contribution in [3.8, 4) is 0 Å². The Labute approximate surface area is 133 Å². The van der Waals surface area contributed by atoms with Crippen LogP contribution in [-0.4, -0.2) is 21.4 Å². The van der Waals surface area contributed by atoms with Crippen molar-refractivity contribution >= 4 is 33.8 Å². The number of aromatic nitrogens is 2. The summed E-state index contributed by atoms with van der Waals surface area (Å²) in [5.41, 5.74) is 3.03. The average molecular weight is 307 g/mol. The predicted octanol–water partition coefficient (Wildman–Crippen LogP) is 2.73. The Balaban J connectivity index is 2.05. The van der Waals surface area contributed by atoms with Gasteiger partial charge in [-0.2, -0.15) is 0 Å². The Morgan fingerprint density at radius 2 is 2.09 bits per heavy atom. The minimum absolute atomic E-state index is 0.200. The van der Waals surface area contributed by atoms with Crippen molar-refractivity contribution in [2.24, 2.45) is 0 Å². The molecular weight excluding hydrogens is 290 g/mol. The first-order chi connectivity index (χ1) is 11.2. The highest BCUT2D eigenvalue weighted by molar-refractivity contribution is 6.10. The number of pyridine rings is 1. The van der Waals surface area contributed by atoms with E-state index < -0.39 is 6.04 Å². The fourth-order valence-corrected chi connectivity index (χ4v) is 3.51. The molecule has 1 N–H and O–H groups in total. The number of carbonyl (C=O) groups excluding carboxylic acids is 2. The molecule has 1 fully saturated rings. The van der Waals surface area contributed by atoms with Gasteiger partial charge in [0.25, 0.3) is 0 Å². The minimum Gasteiger partial charge on any atom is -0.313 e. The zero-order valence-corrected chi connectivity index (χ0v) is 12.9. The lowest BCUT2D eigenvalue weighted by Crippen LogP contribution is -2.41. The molecule has 0 bridgehead atoms. The lowest BCUT2D eigenvalue weighted by molar-refractivity contribution is -0.135. The topological polar surface area (TPSA) is 64.0 Å². The number of amides is 2. The Hall–Kier alpha value is -2.69. The molecule has 1 aromatic carbocycles. The third-order valence-corrected chi connectivity index (χ3v) is 4.58. The van der Waals surface area contributed by atoms with Crippen molar-refractivity contribution in [1.29, 1.82) is 0 Å². The van der Waals surface area contributed by atoms with Crippen LogP contribution in [0.1, 0.15) is 31.4 Å². The highest BCUT2D eigenvalue weighted by Gasteiger charge is 2.31. The summed E-state index contributed by atoms with van der Waals surface area (Å²) < 4.78 is 1.99. The number of rotatable bonds is 2. The van der Waals surface area contributed by atoms with Gasteiger partial charge in [-0.05, 0) is 30.5 Å². The van der Waals surface area contributed by atoms with Crippen LogP contribution < -0.4 is 5.32 Å². The standard InChI is InChI=1S/C18H17N3O2/c1-2-11-9-10-19-17-16(11)12-5-3-4-6-13(12)21(17)14-7-8-15(22)20-18(14)23/h3-6,9-10,14H,2,7-8H2,1H3,(H,20,22,23). The molecular formula is C18H17N3O2. The fraction of sp³-hybridized carbons (Fsp3) is 0.278. The van der Waals surface area contributed by atoms with Gasteiger partial charge in [-0.3, -0.25) is 14.9 Å². The number of nitrogens with one attached hydrogen (secondary N) is 1. The molecule has 0 radical (unpaired) electrons. The van der Waals surface area contributed by atoms with Crippen LogP contribution in [0.2, 0.25) is 0 Å². The number of aryl methyl sites for hydroxylation is 1. The van der Waals surface area contributed by atoms with Gasteiger partial charge in [0.05, 0.1) is 5.52 Å². The number of hydrogen-bond donors (Lipinski definition) is 1. The molecule has 3 heterocycles. The van der Waals surface area contributed by atoms with Crippen molar-refractivity contribution in [2.75, 3.05) is 0 Å². The summed E-state index contributed by atoms with van der Waals surface area (Å²) in [6.07, 6.45) is 3.57. The number of carbonyl (C=O) groups is 2. The number of fused-ring (bicyclic) bond motifs is 3. The van der Waals surface area contributed by atoms with E-state index in [1.165, 1.54) is 5.56 Å². The Morgan fingerprint density at radius 1 is 1.26 bits per heavy atom. The molecule has 4 rings (SSSR count). The first kappa shape index (κ1) is 13.9. The smallest absolute Gasteiger partial charge is 0.249 e. The van der Waals surface area contributed by atoms with E-state index in [4.69, 9.17) is 0 Å². The second-order valence-corrected chi connectivity index (χ2v) is 5.88. The van der Waals surface area contributed by atoms with Crippen molar-refractivity contribution < 1.29 is 9.59 Å². The molecule has 2 amide bonds. The van der Waals surface area contributed by atoms with Crippen LogP contribution in [0.15, 0.2) is 36.5 Å². The number of para-hydroxylation sites is 1. The molecule has 1 aliphatic heterocycles. The molecule has 116 valence electrons. The van der Waals surface area contributed by atoms with E-state index >= 15 is 0 Å². The van der Waals surface area contributed by atoms with E-state index in [9.17, 15) is 9.59 Å². The number of hydrogen-bond acceptors (Lipinski definition) is 3. The third kappa shape index (κ3) is 2.04. The third-order valence-electron chi connectivity index (χ3n) is 4.58. The van der Waals surface area contributed by atoms with Gasteiger partial charge in [0.15, 0.2) is 0 Å². The van der Waals surface area contributed by atoms with Crippen molar-refractivity contribution in [3.63, 3.8) is 0 Å². The summed E-state index contributed by atoms with van der Waals surface area (Å²) in [5, 5.41) is 4.66. The summed E-state index contributed by atoms with van der Waals surface area (Å²) in [6.45, 7) is 2.12. The van der Waals surface area contributed by atoms with E-state index in [-0.39, 0.29) is 11.8 Å². The zero-order valence-electron chi connectivity index (χ0n) is 12.9. The molecule has 0 spiro atoms. The number of benzene rings is 1. The first-order valence-corrected chi connectivity index (χ1v) is 7.91. The largest absolute Gasteiger partial charge is 0.313 e. The highest BCUT2D eigenvalue weighted by Crippen LogP contribution is 2.35. The van der Waals surface area contributed by atoms with Crippen LogP contribution in [0.4, 0.5) is 0 Å². The Bertz CT molecular complexity index is 942. The Kier molecular flexibility index (Phi) is 3.15. The monoisotopic (exact) mass is 307 g/mol. The number of piperidine rings is 1. The van der Waals surface area contributed by atoms with Gasteiger partial charge in [-0.1, -0.05) is 25.1 Å². The molecule has 1 unspecified atom stereocenters. The molecule has 1 saturated heterocycles. The van der Waals surface area contributed by atoms with Gasteiger partial charge >= 0.3 is 0 Å². The molecule has 5 nitrogen and oxygen atoms in total. The maximum atomic E-state index is 12.4. The summed E-state index contributed by atoms with van der Waals surface area (Å²) in [4.78, 5) is 28.4. The van der Waals surface area contributed by atoms with Gasteiger partial charge < -0.3 is 4.57 Å². The van der Waals surface area contributed by atoms with Crippen LogP contribution >= 0.6 is 0 Å². The van der Waals surface area contributed by atoms with Crippen LogP contribution in [0.25, 0.3) is 21.9 Å². The van der Waals surface area contributed by atoms with E-state index in [1.54, 1.807) is 6.20 Å². The van der Waals surface area contributed by atoms with E-state index in [1.807, 2.05) is 28.8 Å². The summed E-state index contributed by atoms with van der Waals surface area (Å²) in [6, 6.07) is 9.69. The molecule has 5 heteroatoms. The van der Waals surface area contributed by atoms with E-state index in [0.717, 1.165) is 28.4 Å². The summed E-state index contributed by atoms with van der Waals surface area (Å²) in [5.74, 6) is -0.443. The van der Waals surface area contributed by atoms with E-state index in [0.29, 0.717) is 12.8 Å². The van der Waals surface area contributed by atoms with Gasteiger partial charge in [-0.25, -0.2) is 4.98 Å². The maximum absolute atomic E-state index is 12.4. The zero-order chi connectivity index (χ0) is 16.0. The minimum atomic E-state index is -0.394. The second kappa shape index (κ2) is 5.19. The van der Waals surface area contributed by atoms with Crippen molar-refractivity contribution in [2.45, 2.75) is 32.2 Å². The number of nitrogens with zero attached hydrogens (tertiary/aromatic N) is 2. The molecule has 3 aromatic rings. The van der Waals surface area contributed by atoms with Gasteiger partial charge in [-0.15, -0.1) is 0 Å². The lowest BCUT2D eigenvalue weighted by Gasteiger charge is -2.23. The quantitative estimate of drug-likeness (QED) is 0.740. The predicted molar refractivity (Wildman–Crippen MR) is 88.0 cm³/mol. The average Bonchev–Trinajstić information content (AvgIpc) is 2.90. The Morgan fingerprint density at radius 3 is 2.87 bits per heavy atom. The second-order valence-electron chi connectivity index (χ2n) is 5.88. The summed E-state index contributed by atoms with van der Waals surface area (Å²) >= 11 is 0. The van der Waals surface area contributed by atoms with Gasteiger partial charge in [0.1, 0.15) is 11.7 Å². The SMILES string of the molecule is CCc1ccnc2c1c1ccccc1n2C1CCC(=O)NC1=O. The molecule has 0 aliphatic carbocycles. The molecule has 1 atom stereocenters. The van der Waals surface area contributed by atoms with Crippen molar-refractivity contribution in [3.05, 3.63) is 42.1 Å². The van der Waals surface area contributed by atoms with Crippen LogP contribution in [-0.2, 0) is 16.0 Å². The molecule has 1 aliphatic rings. The fourth-order valence-electron chi connectivity index (χ4n) is 3.51. The van der Waals surface area contributed by atoms with Crippen LogP contribution in [0.3, 0.4) is 0 Å². The van der Waals surface area contributed by atoms with E-state index in [2.05, 4.69) is 23.3 Å².